The molecular formula is C28H25N3O2. The topological polar surface area (TPSA) is 75.1 Å². The van der Waals surface area contributed by atoms with Crippen LogP contribution in [0.3, 0.4) is 0 Å². The first-order valence-electron chi connectivity index (χ1n) is 11.2. The Balaban J connectivity index is 1.51. The van der Waals surface area contributed by atoms with Crippen molar-refractivity contribution in [1.82, 2.24) is 9.97 Å². The Hall–Kier alpha value is -3.83. The highest BCUT2D eigenvalue weighted by Gasteiger charge is 2.23. The van der Waals surface area contributed by atoms with Crippen molar-refractivity contribution in [3.8, 4) is 11.3 Å². The molecule has 0 fully saturated rings. The molecule has 33 heavy (non-hydrogen) atoms. The fourth-order valence-corrected chi connectivity index (χ4v) is 4.30. The SMILES string of the molecule is O=C(Cc1ccccc1)Nc1nc2c(nc1Cc1ccccc1)-c1ccc(CO)cc1CC2. The van der Waals surface area contributed by atoms with Gasteiger partial charge in [0, 0.05) is 12.0 Å². The van der Waals surface area contributed by atoms with Crippen LogP contribution >= 0.6 is 0 Å². The van der Waals surface area contributed by atoms with Gasteiger partial charge in [-0.1, -0.05) is 78.9 Å². The minimum absolute atomic E-state index is 0.0253. The zero-order valence-corrected chi connectivity index (χ0v) is 18.3. The average Bonchev–Trinajstić information content (AvgIpc) is 2.85. The van der Waals surface area contributed by atoms with E-state index in [9.17, 15) is 9.90 Å². The van der Waals surface area contributed by atoms with Crippen LogP contribution in [-0.2, 0) is 37.1 Å². The predicted octanol–water partition coefficient (Wildman–Crippen LogP) is 4.51. The standard InChI is InChI=1S/C28H25N3O2/c32-18-21-11-13-23-22(15-21)12-14-24-27(23)29-25(16-19-7-3-1-4-8-19)28(30-24)31-26(33)17-20-9-5-2-6-10-20/h1-11,13,15,32H,12,14,16-18H2,(H,30,31,33). The summed E-state index contributed by atoms with van der Waals surface area (Å²) in [5.74, 6) is 0.433. The molecule has 0 atom stereocenters. The fraction of sp³-hybridized carbons (Fsp3) is 0.179. The van der Waals surface area contributed by atoms with Crippen LogP contribution in [0.2, 0.25) is 0 Å². The number of aliphatic hydroxyl groups excluding tert-OH is 1. The molecule has 1 amide bonds. The maximum Gasteiger partial charge on any atom is 0.229 e. The summed E-state index contributed by atoms with van der Waals surface area (Å²) >= 11 is 0. The Morgan fingerprint density at radius 2 is 1.58 bits per heavy atom. The van der Waals surface area contributed by atoms with Gasteiger partial charge in [0.05, 0.1) is 30.1 Å². The Bertz CT molecular complexity index is 1290. The summed E-state index contributed by atoms with van der Waals surface area (Å²) < 4.78 is 0. The zero-order valence-electron chi connectivity index (χ0n) is 18.3. The largest absolute Gasteiger partial charge is 0.392 e. The van der Waals surface area contributed by atoms with E-state index in [1.807, 2.05) is 66.7 Å². The lowest BCUT2D eigenvalue weighted by Gasteiger charge is -2.21. The number of hydrogen-bond donors (Lipinski definition) is 2. The molecule has 0 saturated carbocycles. The van der Waals surface area contributed by atoms with Gasteiger partial charge in [-0.05, 0) is 35.1 Å². The first kappa shape index (κ1) is 21.0. The molecule has 3 aromatic carbocycles. The monoisotopic (exact) mass is 435 g/mol. The fourth-order valence-electron chi connectivity index (χ4n) is 4.30. The molecule has 1 aliphatic carbocycles. The highest BCUT2D eigenvalue weighted by molar-refractivity contribution is 5.92. The molecule has 0 aliphatic heterocycles. The smallest absolute Gasteiger partial charge is 0.229 e. The van der Waals surface area contributed by atoms with E-state index in [1.54, 1.807) is 0 Å². The lowest BCUT2D eigenvalue weighted by atomic mass is 9.90. The quantitative estimate of drug-likeness (QED) is 0.467. The van der Waals surface area contributed by atoms with Crippen molar-refractivity contribution in [2.75, 3.05) is 5.32 Å². The number of fused-ring (bicyclic) bond motifs is 3. The second kappa shape index (κ2) is 9.35. The number of carbonyl (C=O) groups is 1. The maximum atomic E-state index is 12.8. The van der Waals surface area contributed by atoms with Gasteiger partial charge in [0.25, 0.3) is 0 Å². The van der Waals surface area contributed by atoms with Gasteiger partial charge in [0.1, 0.15) is 0 Å². The number of benzene rings is 3. The number of hydrogen-bond acceptors (Lipinski definition) is 4. The first-order valence-corrected chi connectivity index (χ1v) is 11.2. The molecule has 1 heterocycles. The van der Waals surface area contributed by atoms with Crippen LogP contribution in [0.5, 0.6) is 0 Å². The van der Waals surface area contributed by atoms with Gasteiger partial charge >= 0.3 is 0 Å². The van der Waals surface area contributed by atoms with Crippen molar-refractivity contribution in [3.05, 3.63) is 113 Å². The van der Waals surface area contributed by atoms with Crippen molar-refractivity contribution in [3.63, 3.8) is 0 Å². The van der Waals surface area contributed by atoms with E-state index in [-0.39, 0.29) is 18.9 Å². The Morgan fingerprint density at radius 1 is 0.848 bits per heavy atom. The van der Waals surface area contributed by atoms with Crippen molar-refractivity contribution < 1.29 is 9.90 Å². The van der Waals surface area contributed by atoms with Crippen LogP contribution in [0, 0.1) is 0 Å². The number of aromatic nitrogens is 2. The summed E-state index contributed by atoms with van der Waals surface area (Å²) in [5, 5.41) is 12.5. The van der Waals surface area contributed by atoms with Gasteiger partial charge in [-0.2, -0.15) is 0 Å². The Labute approximate surface area is 193 Å². The summed E-state index contributed by atoms with van der Waals surface area (Å²) in [6.45, 7) is 0.0253. The van der Waals surface area contributed by atoms with E-state index in [1.165, 1.54) is 5.56 Å². The second-order valence-electron chi connectivity index (χ2n) is 8.34. The Kier molecular flexibility index (Phi) is 5.96. The molecule has 5 heteroatoms. The number of carbonyl (C=O) groups excluding carboxylic acids is 1. The van der Waals surface area contributed by atoms with Gasteiger partial charge < -0.3 is 10.4 Å². The highest BCUT2D eigenvalue weighted by atomic mass is 16.3. The van der Waals surface area contributed by atoms with Crippen LogP contribution in [0.1, 0.15) is 33.6 Å². The van der Waals surface area contributed by atoms with Gasteiger partial charge in [0.2, 0.25) is 5.91 Å². The molecule has 0 spiro atoms. The molecule has 0 unspecified atom stereocenters. The number of amides is 1. The molecule has 5 rings (SSSR count). The molecule has 164 valence electrons. The third-order valence-electron chi connectivity index (χ3n) is 5.96. The lowest BCUT2D eigenvalue weighted by molar-refractivity contribution is -0.115. The molecule has 2 N–H and O–H groups in total. The van der Waals surface area contributed by atoms with Gasteiger partial charge in [-0.25, -0.2) is 9.97 Å². The van der Waals surface area contributed by atoms with Crippen LogP contribution in [0.4, 0.5) is 5.82 Å². The molecule has 1 aromatic heterocycles. The summed E-state index contributed by atoms with van der Waals surface area (Å²) in [4.78, 5) is 22.7. The van der Waals surface area contributed by atoms with Gasteiger partial charge in [-0.15, -0.1) is 0 Å². The number of aliphatic hydroxyl groups is 1. The number of nitrogens with zero attached hydrogens (tertiary/aromatic N) is 2. The number of rotatable bonds is 6. The highest BCUT2D eigenvalue weighted by Crippen LogP contribution is 2.34. The molecule has 0 saturated heterocycles. The van der Waals surface area contributed by atoms with E-state index in [0.29, 0.717) is 12.2 Å². The molecule has 0 bridgehead atoms. The second-order valence-corrected chi connectivity index (χ2v) is 8.34. The summed E-state index contributed by atoms with van der Waals surface area (Å²) in [5.41, 5.74) is 7.71. The normalized spacial score (nSPS) is 12.0. The molecule has 0 radical (unpaired) electrons. The first-order chi connectivity index (χ1) is 16.2. The Morgan fingerprint density at radius 3 is 2.30 bits per heavy atom. The van der Waals surface area contributed by atoms with Crippen molar-refractivity contribution in [1.29, 1.82) is 0 Å². The third kappa shape index (κ3) is 4.69. The molecular weight excluding hydrogens is 410 g/mol. The minimum Gasteiger partial charge on any atom is -0.392 e. The van der Waals surface area contributed by atoms with Crippen LogP contribution in [-0.4, -0.2) is 21.0 Å². The van der Waals surface area contributed by atoms with Crippen LogP contribution < -0.4 is 5.32 Å². The lowest BCUT2D eigenvalue weighted by Crippen LogP contribution is -2.20. The van der Waals surface area contributed by atoms with E-state index < -0.39 is 0 Å². The summed E-state index contributed by atoms with van der Waals surface area (Å²) in [6, 6.07) is 25.8. The van der Waals surface area contributed by atoms with E-state index in [0.717, 1.165) is 52.2 Å². The van der Waals surface area contributed by atoms with Crippen LogP contribution in [0.25, 0.3) is 11.3 Å². The van der Waals surface area contributed by atoms with Crippen molar-refractivity contribution in [2.24, 2.45) is 0 Å². The third-order valence-corrected chi connectivity index (χ3v) is 5.96. The molecule has 4 aromatic rings. The van der Waals surface area contributed by atoms with E-state index in [4.69, 9.17) is 9.97 Å². The van der Waals surface area contributed by atoms with Crippen LogP contribution in [0.15, 0.2) is 78.9 Å². The van der Waals surface area contributed by atoms with Crippen molar-refractivity contribution in [2.45, 2.75) is 32.3 Å². The summed E-state index contributed by atoms with van der Waals surface area (Å²) in [6.07, 6.45) is 2.45. The average molecular weight is 436 g/mol. The predicted molar refractivity (Wildman–Crippen MR) is 129 cm³/mol. The maximum absolute atomic E-state index is 12.8. The van der Waals surface area contributed by atoms with E-state index >= 15 is 0 Å². The summed E-state index contributed by atoms with van der Waals surface area (Å²) in [7, 11) is 0. The van der Waals surface area contributed by atoms with Gasteiger partial charge in [0.15, 0.2) is 5.82 Å². The number of nitrogens with one attached hydrogen (secondary N) is 1. The van der Waals surface area contributed by atoms with E-state index in [2.05, 4.69) is 17.4 Å². The molecule has 5 nitrogen and oxygen atoms in total. The van der Waals surface area contributed by atoms with Gasteiger partial charge in [-0.3, -0.25) is 4.79 Å². The minimum atomic E-state index is -0.103. The number of aryl methyl sites for hydroxylation is 2. The van der Waals surface area contributed by atoms with Crippen molar-refractivity contribution >= 4 is 11.7 Å². The number of anilines is 1. The zero-order chi connectivity index (χ0) is 22.6. The molecule has 1 aliphatic rings.